The summed E-state index contributed by atoms with van der Waals surface area (Å²) in [5.74, 6) is -0.156. The van der Waals surface area contributed by atoms with Gasteiger partial charge < -0.3 is 10.1 Å². The van der Waals surface area contributed by atoms with Gasteiger partial charge in [-0.25, -0.2) is 0 Å². The Morgan fingerprint density at radius 1 is 1.17 bits per heavy atom. The normalized spacial score (nSPS) is 10.2. The van der Waals surface area contributed by atoms with Crippen molar-refractivity contribution in [3.63, 3.8) is 0 Å². The average molecular weight is 352 g/mol. The first kappa shape index (κ1) is 17.3. The van der Waals surface area contributed by atoms with E-state index in [4.69, 9.17) is 27.9 Å². The van der Waals surface area contributed by atoms with Crippen molar-refractivity contribution in [2.24, 2.45) is 0 Å². The Morgan fingerprint density at radius 3 is 2.30 bits per heavy atom. The number of hydrogen-bond acceptors (Lipinski definition) is 3. The number of rotatable bonds is 6. The van der Waals surface area contributed by atoms with E-state index in [2.05, 4.69) is 12.2 Å². The Bertz CT molecular complexity index is 691. The molecule has 0 aliphatic rings. The van der Waals surface area contributed by atoms with Gasteiger partial charge in [-0.05, 0) is 36.2 Å². The number of benzene rings is 2. The zero-order valence-corrected chi connectivity index (χ0v) is 13.9. The second-order valence-corrected chi connectivity index (χ2v) is 5.63. The third-order valence-corrected chi connectivity index (χ3v) is 3.71. The number of aldehydes is 1. The largest absolute Gasteiger partial charge is 0.481 e. The molecule has 0 atom stereocenters. The smallest absolute Gasteiger partial charge is 0.262 e. The maximum absolute atomic E-state index is 11.9. The fraction of sp³-hybridized carbons (Fsp3) is 0.176. The summed E-state index contributed by atoms with van der Waals surface area (Å²) in [4.78, 5) is 22.6. The molecule has 23 heavy (non-hydrogen) atoms. The number of carbonyl (C=O) groups excluding carboxylic acids is 2. The molecule has 0 saturated carbocycles. The van der Waals surface area contributed by atoms with Crippen molar-refractivity contribution in [1.82, 2.24) is 0 Å². The van der Waals surface area contributed by atoms with Crippen LogP contribution in [0.2, 0.25) is 10.0 Å². The average Bonchev–Trinajstić information content (AvgIpc) is 2.54. The van der Waals surface area contributed by atoms with Crippen LogP contribution >= 0.6 is 23.2 Å². The van der Waals surface area contributed by atoms with E-state index in [1.165, 1.54) is 17.7 Å². The van der Waals surface area contributed by atoms with Gasteiger partial charge in [-0.1, -0.05) is 42.3 Å². The van der Waals surface area contributed by atoms with Gasteiger partial charge in [-0.2, -0.15) is 0 Å². The highest BCUT2D eigenvalue weighted by molar-refractivity contribution is 6.37. The predicted molar refractivity (Wildman–Crippen MR) is 91.8 cm³/mol. The van der Waals surface area contributed by atoms with E-state index >= 15 is 0 Å². The number of ether oxygens (including phenoxy) is 1. The van der Waals surface area contributed by atoms with E-state index < -0.39 is 0 Å². The molecule has 0 saturated heterocycles. The zero-order valence-electron chi connectivity index (χ0n) is 12.4. The van der Waals surface area contributed by atoms with E-state index in [0.29, 0.717) is 17.5 Å². The molecule has 0 spiro atoms. The molecule has 0 unspecified atom stereocenters. The van der Waals surface area contributed by atoms with Crippen LogP contribution in [-0.2, 0) is 11.2 Å². The number of nitrogens with one attached hydrogen (secondary N) is 1. The van der Waals surface area contributed by atoms with Crippen molar-refractivity contribution in [2.45, 2.75) is 13.3 Å². The monoisotopic (exact) mass is 351 g/mol. The summed E-state index contributed by atoms with van der Waals surface area (Å²) in [5, 5.41) is 3.08. The van der Waals surface area contributed by atoms with Gasteiger partial charge in [0.1, 0.15) is 6.29 Å². The second-order valence-electron chi connectivity index (χ2n) is 4.82. The van der Waals surface area contributed by atoms with Crippen molar-refractivity contribution in [3.05, 3.63) is 57.6 Å². The Balaban J connectivity index is 1.97. The van der Waals surface area contributed by atoms with Crippen LogP contribution in [0.4, 0.5) is 5.69 Å². The van der Waals surface area contributed by atoms with Gasteiger partial charge in [0.2, 0.25) is 0 Å². The quantitative estimate of drug-likeness (QED) is 0.785. The molecule has 0 aromatic heterocycles. The van der Waals surface area contributed by atoms with Crippen molar-refractivity contribution in [1.29, 1.82) is 0 Å². The van der Waals surface area contributed by atoms with Crippen LogP contribution in [0.25, 0.3) is 0 Å². The molecule has 0 heterocycles. The van der Waals surface area contributed by atoms with Crippen LogP contribution in [0.15, 0.2) is 36.4 Å². The number of aryl methyl sites for hydroxylation is 1. The van der Waals surface area contributed by atoms with Gasteiger partial charge in [-0.15, -0.1) is 0 Å². The third kappa shape index (κ3) is 4.71. The number of halogens is 2. The summed E-state index contributed by atoms with van der Waals surface area (Å²) in [6.45, 7) is 1.82. The number of amides is 1. The molecule has 2 aromatic carbocycles. The van der Waals surface area contributed by atoms with E-state index in [9.17, 15) is 9.59 Å². The highest BCUT2D eigenvalue weighted by atomic mass is 35.5. The number of anilines is 1. The van der Waals surface area contributed by atoms with E-state index in [-0.39, 0.29) is 28.3 Å². The van der Waals surface area contributed by atoms with Crippen molar-refractivity contribution >= 4 is 41.1 Å². The summed E-state index contributed by atoms with van der Waals surface area (Å²) in [6, 6.07) is 10.4. The van der Waals surface area contributed by atoms with E-state index in [0.717, 1.165) is 6.42 Å². The van der Waals surface area contributed by atoms with Gasteiger partial charge in [0, 0.05) is 11.3 Å². The van der Waals surface area contributed by atoms with Crippen LogP contribution in [0, 0.1) is 0 Å². The minimum absolute atomic E-state index is 0.176. The molecule has 2 aromatic rings. The Labute approximate surface area is 144 Å². The molecular weight excluding hydrogens is 337 g/mol. The topological polar surface area (TPSA) is 55.4 Å². The van der Waals surface area contributed by atoms with Gasteiger partial charge in [0.25, 0.3) is 5.91 Å². The van der Waals surface area contributed by atoms with Crippen molar-refractivity contribution in [3.8, 4) is 5.75 Å². The van der Waals surface area contributed by atoms with Crippen LogP contribution in [0.3, 0.4) is 0 Å². The Morgan fingerprint density at radius 2 is 1.78 bits per heavy atom. The van der Waals surface area contributed by atoms with Gasteiger partial charge in [-0.3, -0.25) is 9.59 Å². The van der Waals surface area contributed by atoms with Crippen LogP contribution in [0.1, 0.15) is 22.8 Å². The lowest BCUT2D eigenvalue weighted by atomic mass is 10.1. The van der Waals surface area contributed by atoms with Gasteiger partial charge in [0.05, 0.1) is 10.0 Å². The molecule has 0 radical (unpaired) electrons. The molecule has 2 rings (SSSR count). The lowest BCUT2D eigenvalue weighted by Crippen LogP contribution is -2.20. The summed E-state index contributed by atoms with van der Waals surface area (Å²) in [7, 11) is 0. The minimum Gasteiger partial charge on any atom is -0.481 e. The third-order valence-electron chi connectivity index (χ3n) is 3.15. The van der Waals surface area contributed by atoms with Gasteiger partial charge >= 0.3 is 0 Å². The predicted octanol–water partition coefficient (Wildman–Crippen LogP) is 4.39. The molecule has 1 amide bonds. The summed E-state index contributed by atoms with van der Waals surface area (Å²) < 4.78 is 5.35. The Kier molecular flexibility index (Phi) is 6.02. The number of carbonyl (C=O) groups is 2. The number of hydrogen-bond donors (Lipinski definition) is 1. The van der Waals surface area contributed by atoms with Crippen LogP contribution in [-0.4, -0.2) is 18.8 Å². The van der Waals surface area contributed by atoms with Crippen molar-refractivity contribution in [2.75, 3.05) is 11.9 Å². The molecule has 0 aliphatic heterocycles. The molecule has 1 N–H and O–H groups in total. The highest BCUT2D eigenvalue weighted by Gasteiger charge is 2.12. The standard InChI is InChI=1S/C17H15Cl2NO3/c1-2-11-3-5-13(6-4-11)20-16(22)10-23-17-14(18)7-12(9-21)8-15(17)19/h3-9H,2,10H2,1H3,(H,20,22). The first-order chi connectivity index (χ1) is 11.0. The first-order valence-corrected chi connectivity index (χ1v) is 7.75. The van der Waals surface area contributed by atoms with Crippen LogP contribution in [0.5, 0.6) is 5.75 Å². The first-order valence-electron chi connectivity index (χ1n) is 6.99. The maximum atomic E-state index is 11.9. The second kappa shape index (κ2) is 7.99. The molecule has 120 valence electrons. The zero-order chi connectivity index (χ0) is 16.8. The lowest BCUT2D eigenvalue weighted by molar-refractivity contribution is -0.118. The molecule has 4 nitrogen and oxygen atoms in total. The molecule has 0 fully saturated rings. The van der Waals surface area contributed by atoms with E-state index in [1.54, 1.807) is 0 Å². The van der Waals surface area contributed by atoms with E-state index in [1.807, 2.05) is 24.3 Å². The fourth-order valence-electron chi connectivity index (χ4n) is 1.94. The Hall–Kier alpha value is -2.04. The van der Waals surface area contributed by atoms with Crippen molar-refractivity contribution < 1.29 is 14.3 Å². The molecular formula is C17H15Cl2NO3. The van der Waals surface area contributed by atoms with Crippen LogP contribution < -0.4 is 10.1 Å². The maximum Gasteiger partial charge on any atom is 0.262 e. The molecule has 6 heteroatoms. The SMILES string of the molecule is CCc1ccc(NC(=O)COc2c(Cl)cc(C=O)cc2Cl)cc1. The summed E-state index contributed by atoms with van der Waals surface area (Å²) >= 11 is 12.0. The summed E-state index contributed by atoms with van der Waals surface area (Å²) in [6.07, 6.45) is 1.57. The fourth-order valence-corrected chi connectivity index (χ4v) is 2.56. The minimum atomic E-state index is -0.333. The lowest BCUT2D eigenvalue weighted by Gasteiger charge is -2.11. The molecule has 0 aliphatic carbocycles. The molecule has 0 bridgehead atoms. The van der Waals surface area contributed by atoms with Gasteiger partial charge in [0.15, 0.2) is 12.4 Å². The summed E-state index contributed by atoms with van der Waals surface area (Å²) in [5.41, 5.74) is 2.21. The highest BCUT2D eigenvalue weighted by Crippen LogP contribution is 2.33.